The van der Waals surface area contributed by atoms with E-state index in [-0.39, 0.29) is 28.5 Å². The van der Waals surface area contributed by atoms with Crippen LogP contribution in [0.1, 0.15) is 36.9 Å². The fraction of sp³-hybridized carbons (Fsp3) is 0.176. The van der Waals surface area contributed by atoms with Gasteiger partial charge in [-0.25, -0.2) is 10.4 Å². The zero-order valence-electron chi connectivity index (χ0n) is 13.4. The topological polar surface area (TPSA) is 104 Å². The quantitative estimate of drug-likeness (QED) is 0.562. The van der Waals surface area contributed by atoms with Gasteiger partial charge in [-0.1, -0.05) is 25.4 Å². The molecule has 0 bridgehead atoms. The summed E-state index contributed by atoms with van der Waals surface area (Å²) in [5.74, 6) is 0.577. The first kappa shape index (κ1) is 16.7. The van der Waals surface area contributed by atoms with Crippen LogP contribution < -0.4 is 10.9 Å². The number of oxazole rings is 1. The minimum absolute atomic E-state index is 0.0314. The standard InChI is InChI=1S/C17H13ClN4O3/c1-9(2)16-21-13(6-19)17(25-16)22-20-7-10-8-24-14-4-3-11(18)5-12(14)15(10)23/h3-5,7-9,22H,1-2H3/b20-7-. The van der Waals surface area contributed by atoms with E-state index in [9.17, 15) is 4.79 Å². The molecular weight excluding hydrogens is 344 g/mol. The zero-order valence-corrected chi connectivity index (χ0v) is 14.2. The summed E-state index contributed by atoms with van der Waals surface area (Å²) in [6.45, 7) is 3.79. The van der Waals surface area contributed by atoms with E-state index in [0.29, 0.717) is 21.9 Å². The van der Waals surface area contributed by atoms with Gasteiger partial charge in [0.15, 0.2) is 0 Å². The van der Waals surface area contributed by atoms with Crippen molar-refractivity contribution in [3.63, 3.8) is 0 Å². The maximum atomic E-state index is 12.4. The number of benzene rings is 1. The van der Waals surface area contributed by atoms with Crippen LogP contribution in [-0.2, 0) is 0 Å². The van der Waals surface area contributed by atoms with Crippen molar-refractivity contribution < 1.29 is 8.83 Å². The van der Waals surface area contributed by atoms with E-state index in [1.165, 1.54) is 18.5 Å². The van der Waals surface area contributed by atoms with E-state index in [1.54, 1.807) is 12.1 Å². The number of nitrogens with zero attached hydrogens (tertiary/aromatic N) is 3. The number of aromatic nitrogens is 1. The molecule has 3 rings (SSSR count). The van der Waals surface area contributed by atoms with E-state index < -0.39 is 0 Å². The molecule has 0 atom stereocenters. The molecule has 0 aliphatic heterocycles. The number of hydrogen-bond acceptors (Lipinski definition) is 7. The second kappa shape index (κ2) is 6.79. The highest BCUT2D eigenvalue weighted by atomic mass is 35.5. The smallest absolute Gasteiger partial charge is 0.252 e. The van der Waals surface area contributed by atoms with Crippen molar-refractivity contribution in [1.82, 2.24) is 4.98 Å². The van der Waals surface area contributed by atoms with Crippen molar-refractivity contribution >= 4 is 34.7 Å². The van der Waals surface area contributed by atoms with Crippen LogP contribution >= 0.6 is 11.6 Å². The van der Waals surface area contributed by atoms with Crippen molar-refractivity contribution in [2.45, 2.75) is 19.8 Å². The third-order valence-corrected chi connectivity index (χ3v) is 3.61. The second-order valence-electron chi connectivity index (χ2n) is 5.53. The Morgan fingerprint density at radius 2 is 2.24 bits per heavy atom. The Bertz CT molecular complexity index is 1060. The Morgan fingerprint density at radius 1 is 1.44 bits per heavy atom. The van der Waals surface area contributed by atoms with Crippen LogP contribution in [-0.4, -0.2) is 11.2 Å². The predicted molar refractivity (Wildman–Crippen MR) is 94.0 cm³/mol. The number of hydrogen-bond donors (Lipinski definition) is 1. The minimum Gasteiger partial charge on any atom is -0.463 e. The van der Waals surface area contributed by atoms with E-state index >= 15 is 0 Å². The summed E-state index contributed by atoms with van der Waals surface area (Å²) >= 11 is 5.91. The molecule has 8 heteroatoms. The summed E-state index contributed by atoms with van der Waals surface area (Å²) in [6, 6.07) is 6.72. The van der Waals surface area contributed by atoms with Gasteiger partial charge in [0.05, 0.1) is 17.2 Å². The van der Waals surface area contributed by atoms with Gasteiger partial charge < -0.3 is 8.83 Å². The molecule has 0 aliphatic carbocycles. The average Bonchev–Trinajstić information content (AvgIpc) is 3.01. The fourth-order valence-electron chi connectivity index (χ4n) is 2.10. The second-order valence-corrected chi connectivity index (χ2v) is 5.96. The van der Waals surface area contributed by atoms with Crippen LogP contribution in [0.2, 0.25) is 5.02 Å². The highest BCUT2D eigenvalue weighted by Crippen LogP contribution is 2.22. The molecule has 0 radical (unpaired) electrons. The number of hydrazone groups is 1. The Labute approximate surface area is 147 Å². The summed E-state index contributed by atoms with van der Waals surface area (Å²) in [6.07, 6.45) is 2.58. The maximum absolute atomic E-state index is 12.4. The van der Waals surface area contributed by atoms with Crippen molar-refractivity contribution in [3.05, 3.63) is 56.9 Å². The lowest BCUT2D eigenvalue weighted by molar-refractivity contribution is 0.481. The molecule has 0 saturated heterocycles. The Hall–Kier alpha value is -3.11. The molecule has 0 saturated carbocycles. The van der Waals surface area contributed by atoms with E-state index in [4.69, 9.17) is 25.7 Å². The number of nitrogens with one attached hydrogen (secondary N) is 1. The molecule has 126 valence electrons. The summed E-state index contributed by atoms with van der Waals surface area (Å²) in [4.78, 5) is 16.5. The van der Waals surface area contributed by atoms with Gasteiger partial charge in [0.25, 0.3) is 5.88 Å². The zero-order chi connectivity index (χ0) is 18.0. The highest BCUT2D eigenvalue weighted by molar-refractivity contribution is 6.31. The first-order chi connectivity index (χ1) is 12.0. The Balaban J connectivity index is 1.88. The third kappa shape index (κ3) is 3.39. The Morgan fingerprint density at radius 3 is 2.96 bits per heavy atom. The molecule has 1 aromatic carbocycles. The van der Waals surface area contributed by atoms with Crippen LogP contribution in [0.25, 0.3) is 11.0 Å². The molecule has 0 aliphatic rings. The molecule has 1 N–H and O–H groups in total. The molecule has 0 amide bonds. The molecule has 2 aromatic heterocycles. The monoisotopic (exact) mass is 356 g/mol. The number of nitriles is 1. The third-order valence-electron chi connectivity index (χ3n) is 3.37. The Kier molecular flexibility index (Phi) is 4.55. The van der Waals surface area contributed by atoms with Crippen LogP contribution in [0.3, 0.4) is 0 Å². The molecule has 0 unspecified atom stereocenters. The lowest BCUT2D eigenvalue weighted by Gasteiger charge is -1.99. The molecule has 2 heterocycles. The molecule has 0 fully saturated rings. The summed E-state index contributed by atoms with van der Waals surface area (Å²) in [5.41, 5.74) is 3.07. The average molecular weight is 357 g/mol. The van der Waals surface area contributed by atoms with Crippen molar-refractivity contribution in [2.75, 3.05) is 5.43 Å². The van der Waals surface area contributed by atoms with Crippen LogP contribution in [0, 0.1) is 11.3 Å². The van der Waals surface area contributed by atoms with Gasteiger partial charge in [-0.3, -0.25) is 4.79 Å². The number of rotatable bonds is 4. The van der Waals surface area contributed by atoms with Crippen LogP contribution in [0.4, 0.5) is 5.88 Å². The summed E-state index contributed by atoms with van der Waals surface area (Å²) in [7, 11) is 0. The largest absolute Gasteiger partial charge is 0.463 e. The highest BCUT2D eigenvalue weighted by Gasteiger charge is 2.14. The predicted octanol–water partition coefficient (Wildman–Crippen LogP) is 3.88. The number of anilines is 1. The first-order valence-electron chi connectivity index (χ1n) is 7.40. The van der Waals surface area contributed by atoms with Gasteiger partial charge in [-0.15, -0.1) is 0 Å². The molecule has 0 spiro atoms. The van der Waals surface area contributed by atoms with E-state index in [2.05, 4.69) is 15.5 Å². The van der Waals surface area contributed by atoms with Crippen molar-refractivity contribution in [2.24, 2.45) is 5.10 Å². The van der Waals surface area contributed by atoms with Gasteiger partial charge in [0.2, 0.25) is 17.0 Å². The van der Waals surface area contributed by atoms with Crippen molar-refractivity contribution in [1.29, 1.82) is 5.26 Å². The van der Waals surface area contributed by atoms with Crippen molar-refractivity contribution in [3.8, 4) is 6.07 Å². The summed E-state index contributed by atoms with van der Waals surface area (Å²) < 4.78 is 10.8. The molecule has 3 aromatic rings. The number of fused-ring (bicyclic) bond motifs is 1. The van der Waals surface area contributed by atoms with Gasteiger partial charge in [0, 0.05) is 10.9 Å². The van der Waals surface area contributed by atoms with Gasteiger partial charge in [-0.2, -0.15) is 10.4 Å². The fourth-order valence-corrected chi connectivity index (χ4v) is 2.28. The van der Waals surface area contributed by atoms with Gasteiger partial charge >= 0.3 is 0 Å². The first-order valence-corrected chi connectivity index (χ1v) is 7.78. The normalized spacial score (nSPS) is 11.3. The lowest BCUT2D eigenvalue weighted by Crippen LogP contribution is -2.08. The van der Waals surface area contributed by atoms with Gasteiger partial charge in [0.1, 0.15) is 17.9 Å². The molecule has 25 heavy (non-hydrogen) atoms. The van der Waals surface area contributed by atoms with E-state index in [1.807, 2.05) is 19.9 Å². The minimum atomic E-state index is -0.268. The SMILES string of the molecule is CC(C)c1nc(C#N)c(N/N=C\c2coc3ccc(Cl)cc3c2=O)o1. The van der Waals surface area contributed by atoms with Gasteiger partial charge in [-0.05, 0) is 18.2 Å². The van der Waals surface area contributed by atoms with Crippen LogP contribution in [0.5, 0.6) is 0 Å². The molecular formula is C17H13ClN4O3. The lowest BCUT2D eigenvalue weighted by atomic mass is 10.2. The summed E-state index contributed by atoms with van der Waals surface area (Å²) in [5, 5.41) is 13.8. The van der Waals surface area contributed by atoms with Crippen LogP contribution in [0.15, 0.2) is 43.2 Å². The van der Waals surface area contributed by atoms with E-state index in [0.717, 1.165) is 0 Å². The molecule has 7 nitrogen and oxygen atoms in total. The number of halogens is 1. The maximum Gasteiger partial charge on any atom is 0.252 e.